The van der Waals surface area contributed by atoms with Crippen LogP contribution in [0.3, 0.4) is 0 Å². The molecule has 0 spiro atoms. The van der Waals surface area contributed by atoms with Gasteiger partial charge in [0.2, 0.25) is 0 Å². The summed E-state index contributed by atoms with van der Waals surface area (Å²) in [5.74, 6) is -0.242. The molecule has 1 aliphatic heterocycles. The maximum absolute atomic E-state index is 12.3. The van der Waals surface area contributed by atoms with Crippen LogP contribution in [0.1, 0.15) is 23.2 Å². The highest BCUT2D eigenvalue weighted by Crippen LogP contribution is 2.16. The van der Waals surface area contributed by atoms with E-state index in [9.17, 15) is 13.2 Å². The lowest BCUT2D eigenvalue weighted by Gasteiger charge is -2.24. The van der Waals surface area contributed by atoms with Crippen LogP contribution in [0.25, 0.3) is 0 Å². The summed E-state index contributed by atoms with van der Waals surface area (Å²) in [7, 11) is -1.63. The van der Waals surface area contributed by atoms with Crippen molar-refractivity contribution in [3.8, 4) is 0 Å². The summed E-state index contributed by atoms with van der Waals surface area (Å²) in [6, 6.07) is 6.44. The molecule has 6 nitrogen and oxygen atoms in total. The molecule has 0 aromatic heterocycles. The van der Waals surface area contributed by atoms with Crippen LogP contribution in [0.2, 0.25) is 0 Å². The normalized spacial score (nSPS) is 19.0. The van der Waals surface area contributed by atoms with Crippen molar-refractivity contribution >= 4 is 15.7 Å². The quantitative estimate of drug-likeness (QED) is 0.799. The number of amides is 1. The van der Waals surface area contributed by atoms with Gasteiger partial charge in [-0.05, 0) is 37.6 Å². The number of carbonyl (C=O) groups excluding carboxylic acids is 1. The zero-order chi connectivity index (χ0) is 16.9. The van der Waals surface area contributed by atoms with Gasteiger partial charge in [0.15, 0.2) is 9.84 Å². The number of nitrogens with zero attached hydrogens (tertiary/aromatic N) is 1. The third-order valence-electron chi connectivity index (χ3n) is 4.10. The first-order valence-corrected chi connectivity index (χ1v) is 9.62. The number of likely N-dealkylation sites (tertiary alicyclic amines) is 1. The fraction of sp³-hybridized carbons (Fsp3) is 0.562. The topological polar surface area (TPSA) is 75.7 Å². The predicted molar refractivity (Wildman–Crippen MR) is 88.4 cm³/mol. The Kier molecular flexibility index (Phi) is 6.15. The van der Waals surface area contributed by atoms with E-state index in [1.165, 1.54) is 12.1 Å². The monoisotopic (exact) mass is 340 g/mol. The fourth-order valence-corrected chi connectivity index (χ4v) is 3.48. The van der Waals surface area contributed by atoms with Gasteiger partial charge in [-0.15, -0.1) is 0 Å². The number of sulfone groups is 1. The van der Waals surface area contributed by atoms with Crippen molar-refractivity contribution in [3.63, 3.8) is 0 Å². The molecule has 7 heteroatoms. The first-order valence-electron chi connectivity index (χ1n) is 7.73. The molecule has 0 unspecified atom stereocenters. The highest BCUT2D eigenvalue weighted by molar-refractivity contribution is 7.90. The number of hydrogen-bond acceptors (Lipinski definition) is 5. The lowest BCUT2D eigenvalue weighted by atomic mass is 10.2. The van der Waals surface area contributed by atoms with Crippen molar-refractivity contribution < 1.29 is 17.9 Å². The maximum Gasteiger partial charge on any atom is 0.251 e. The highest BCUT2D eigenvalue weighted by Gasteiger charge is 2.24. The van der Waals surface area contributed by atoms with Gasteiger partial charge in [0, 0.05) is 38.1 Å². The van der Waals surface area contributed by atoms with E-state index in [2.05, 4.69) is 10.2 Å². The molecular weight excluding hydrogens is 316 g/mol. The minimum atomic E-state index is -3.31. The minimum Gasteiger partial charge on any atom is -0.383 e. The first-order chi connectivity index (χ1) is 10.9. The summed E-state index contributed by atoms with van der Waals surface area (Å²) in [6.07, 6.45) is 3.30. The van der Waals surface area contributed by atoms with Gasteiger partial charge >= 0.3 is 0 Å². The van der Waals surface area contributed by atoms with Gasteiger partial charge in [0.1, 0.15) is 0 Å². The molecule has 0 saturated carbocycles. The molecule has 1 amide bonds. The van der Waals surface area contributed by atoms with E-state index in [-0.39, 0.29) is 10.8 Å². The number of methoxy groups -OCH3 is 1. The lowest BCUT2D eigenvalue weighted by Crippen LogP contribution is -2.41. The molecule has 1 atom stereocenters. The van der Waals surface area contributed by atoms with Gasteiger partial charge < -0.3 is 10.1 Å². The van der Waals surface area contributed by atoms with Crippen molar-refractivity contribution in [3.05, 3.63) is 29.8 Å². The van der Waals surface area contributed by atoms with E-state index in [0.29, 0.717) is 24.8 Å². The van der Waals surface area contributed by atoms with Crippen LogP contribution in [0.15, 0.2) is 29.2 Å². The van der Waals surface area contributed by atoms with Crippen molar-refractivity contribution in [2.75, 3.05) is 39.6 Å². The second-order valence-electron chi connectivity index (χ2n) is 5.83. The van der Waals surface area contributed by atoms with Crippen LogP contribution in [-0.2, 0) is 14.6 Å². The molecule has 1 N–H and O–H groups in total. The Bertz CT molecular complexity index is 645. The van der Waals surface area contributed by atoms with Gasteiger partial charge in [-0.25, -0.2) is 8.42 Å². The summed E-state index contributed by atoms with van der Waals surface area (Å²) in [5.41, 5.74) is 0.370. The molecule has 0 radical (unpaired) electrons. The summed E-state index contributed by atoms with van der Waals surface area (Å²) in [5, 5.41) is 2.91. The summed E-state index contributed by atoms with van der Waals surface area (Å²) in [4.78, 5) is 14.7. The molecule has 23 heavy (non-hydrogen) atoms. The molecule has 128 valence electrons. The fourth-order valence-electron chi connectivity index (χ4n) is 2.81. The van der Waals surface area contributed by atoms with Crippen LogP contribution in [0, 0.1) is 0 Å². The summed E-state index contributed by atoms with van der Waals surface area (Å²) < 4.78 is 28.2. The van der Waals surface area contributed by atoms with Crippen LogP contribution in [0.5, 0.6) is 0 Å². The third-order valence-corrected chi connectivity index (χ3v) is 5.21. The van der Waals surface area contributed by atoms with Crippen LogP contribution >= 0.6 is 0 Å². The zero-order valence-corrected chi connectivity index (χ0v) is 14.4. The molecule has 0 aliphatic carbocycles. The third kappa shape index (κ3) is 5.02. The molecule has 1 saturated heterocycles. The van der Waals surface area contributed by atoms with Crippen molar-refractivity contribution in [2.45, 2.75) is 23.8 Å². The second-order valence-corrected chi connectivity index (χ2v) is 7.85. The molecule has 1 aromatic rings. The largest absolute Gasteiger partial charge is 0.383 e. The average Bonchev–Trinajstić information content (AvgIpc) is 2.97. The number of rotatable bonds is 7. The van der Waals surface area contributed by atoms with Gasteiger partial charge in [-0.2, -0.15) is 0 Å². The molecule has 1 aromatic carbocycles. The van der Waals surface area contributed by atoms with Crippen molar-refractivity contribution in [2.24, 2.45) is 0 Å². The Morgan fingerprint density at radius 1 is 1.43 bits per heavy atom. The predicted octanol–water partition coefficient (Wildman–Crippen LogP) is 0.931. The standard InChI is InChI=1S/C16H24N2O4S/c1-22-10-9-18-8-4-6-14(18)12-17-16(19)13-5-3-7-15(11-13)23(2,20)21/h3,5,7,11,14H,4,6,8-10,12H2,1-2H3,(H,17,19)/t14-/m0/s1. The summed E-state index contributed by atoms with van der Waals surface area (Å²) >= 11 is 0. The molecule has 0 bridgehead atoms. The molecule has 1 fully saturated rings. The lowest BCUT2D eigenvalue weighted by molar-refractivity contribution is 0.0932. The van der Waals surface area contributed by atoms with Gasteiger partial charge in [-0.3, -0.25) is 9.69 Å². The highest BCUT2D eigenvalue weighted by atomic mass is 32.2. The minimum absolute atomic E-state index is 0.160. The smallest absolute Gasteiger partial charge is 0.251 e. The Balaban J connectivity index is 1.94. The van der Waals surface area contributed by atoms with Crippen molar-refractivity contribution in [1.29, 1.82) is 0 Å². The summed E-state index contributed by atoms with van der Waals surface area (Å²) in [6.45, 7) is 3.13. The number of hydrogen-bond donors (Lipinski definition) is 1. The van der Waals surface area contributed by atoms with Gasteiger partial charge in [-0.1, -0.05) is 6.07 Å². The van der Waals surface area contributed by atoms with E-state index in [0.717, 1.165) is 32.2 Å². The molecule has 1 heterocycles. The Labute approximate surface area is 137 Å². The van der Waals surface area contributed by atoms with Crippen LogP contribution in [0.4, 0.5) is 0 Å². The van der Waals surface area contributed by atoms with E-state index in [1.54, 1.807) is 19.2 Å². The van der Waals surface area contributed by atoms with Crippen LogP contribution < -0.4 is 5.32 Å². The Hall–Kier alpha value is -1.44. The van der Waals surface area contributed by atoms with E-state index >= 15 is 0 Å². The molecular formula is C16H24N2O4S. The average molecular weight is 340 g/mol. The van der Waals surface area contributed by atoms with Crippen LogP contribution in [-0.4, -0.2) is 64.9 Å². The van der Waals surface area contributed by atoms with Gasteiger partial charge in [0.05, 0.1) is 11.5 Å². The van der Waals surface area contributed by atoms with E-state index in [4.69, 9.17) is 4.74 Å². The molecule has 2 rings (SSSR count). The first kappa shape index (κ1) is 17.9. The maximum atomic E-state index is 12.3. The Morgan fingerprint density at radius 2 is 2.22 bits per heavy atom. The zero-order valence-electron chi connectivity index (χ0n) is 13.6. The Morgan fingerprint density at radius 3 is 2.91 bits per heavy atom. The number of ether oxygens (including phenoxy) is 1. The van der Waals surface area contributed by atoms with Gasteiger partial charge in [0.25, 0.3) is 5.91 Å². The molecule has 1 aliphatic rings. The van der Waals surface area contributed by atoms with E-state index < -0.39 is 9.84 Å². The number of carbonyl (C=O) groups is 1. The number of benzene rings is 1. The number of nitrogens with one attached hydrogen (secondary N) is 1. The SMILES string of the molecule is COCCN1CCC[C@H]1CNC(=O)c1cccc(S(C)(=O)=O)c1. The van der Waals surface area contributed by atoms with Crippen molar-refractivity contribution in [1.82, 2.24) is 10.2 Å². The second kappa shape index (κ2) is 7.90. The van der Waals surface area contributed by atoms with E-state index in [1.807, 2.05) is 0 Å².